The minimum atomic E-state index is -4.80. The number of ether oxygens (including phenoxy) is 1. The molecule has 1 saturated carbocycles. The van der Waals surface area contributed by atoms with Crippen LogP contribution in [0.5, 0.6) is 5.75 Å². The van der Waals surface area contributed by atoms with Crippen molar-refractivity contribution in [1.29, 1.82) is 5.26 Å². The van der Waals surface area contributed by atoms with Crippen LogP contribution in [0.25, 0.3) is 11.1 Å². The van der Waals surface area contributed by atoms with E-state index in [-0.39, 0.29) is 46.3 Å². The number of nitrogens with one attached hydrogen (secondary N) is 1. The standard InChI is InChI=1S/C25H28F3N5O2/c1-14(16-4-5-16)32-23(34)19-12-31-22(25(26,27)28)20(21(19)33-7-6-24(2,30)13-33)17-8-15(11-29)9-18(10-17)35-3/h8-10,12,14,16H,4-7,13,30H2,1-3H3,(H,32,34)/t14?,24-/m0/s1. The fourth-order valence-electron chi connectivity index (χ4n) is 4.58. The van der Waals surface area contributed by atoms with Crippen molar-refractivity contribution in [3.05, 3.63) is 41.2 Å². The van der Waals surface area contributed by atoms with Gasteiger partial charge >= 0.3 is 6.18 Å². The van der Waals surface area contributed by atoms with Crippen molar-refractivity contribution in [2.45, 2.75) is 50.9 Å². The number of nitriles is 1. The second kappa shape index (κ2) is 9.04. The maximum atomic E-state index is 14.3. The number of carbonyl (C=O) groups is 1. The summed E-state index contributed by atoms with van der Waals surface area (Å²) in [6.45, 7) is 4.35. The highest BCUT2D eigenvalue weighted by molar-refractivity contribution is 6.04. The third-order valence-corrected chi connectivity index (χ3v) is 6.63. The minimum Gasteiger partial charge on any atom is -0.497 e. The van der Waals surface area contributed by atoms with Gasteiger partial charge in [0, 0.05) is 36.4 Å². The van der Waals surface area contributed by atoms with E-state index in [4.69, 9.17) is 10.5 Å². The third-order valence-electron chi connectivity index (χ3n) is 6.63. The average Bonchev–Trinajstić information content (AvgIpc) is 3.59. The number of hydrogen-bond acceptors (Lipinski definition) is 6. The van der Waals surface area contributed by atoms with Gasteiger partial charge in [0.1, 0.15) is 5.75 Å². The number of anilines is 1. The van der Waals surface area contributed by atoms with Gasteiger partial charge in [0.05, 0.1) is 30.0 Å². The van der Waals surface area contributed by atoms with E-state index in [9.17, 15) is 23.2 Å². The lowest BCUT2D eigenvalue weighted by Crippen LogP contribution is -2.40. The number of benzene rings is 1. The van der Waals surface area contributed by atoms with E-state index in [1.54, 1.807) is 4.90 Å². The largest absolute Gasteiger partial charge is 0.497 e. The van der Waals surface area contributed by atoms with Crippen LogP contribution in [0, 0.1) is 17.2 Å². The number of amides is 1. The molecule has 1 saturated heterocycles. The number of nitrogens with two attached hydrogens (primary N) is 1. The summed E-state index contributed by atoms with van der Waals surface area (Å²) < 4.78 is 48.1. The highest BCUT2D eigenvalue weighted by atomic mass is 19.4. The van der Waals surface area contributed by atoms with Crippen molar-refractivity contribution >= 4 is 11.6 Å². The third kappa shape index (κ3) is 5.20. The van der Waals surface area contributed by atoms with Crippen LogP contribution >= 0.6 is 0 Å². The van der Waals surface area contributed by atoms with Gasteiger partial charge in [-0.15, -0.1) is 0 Å². The molecule has 1 unspecified atom stereocenters. The Hall–Kier alpha value is -3.32. The van der Waals surface area contributed by atoms with Crippen LogP contribution in [0.4, 0.5) is 18.9 Å². The van der Waals surface area contributed by atoms with Crippen LogP contribution in [-0.4, -0.2) is 42.7 Å². The van der Waals surface area contributed by atoms with E-state index >= 15 is 0 Å². The van der Waals surface area contributed by atoms with Crippen molar-refractivity contribution in [2.75, 3.05) is 25.1 Å². The summed E-state index contributed by atoms with van der Waals surface area (Å²) >= 11 is 0. The first-order valence-corrected chi connectivity index (χ1v) is 11.5. The molecule has 0 bridgehead atoms. The number of pyridine rings is 1. The smallest absolute Gasteiger partial charge is 0.434 e. The second-order valence-electron chi connectivity index (χ2n) is 9.73. The fraction of sp³-hybridized carbons (Fsp3) is 0.480. The van der Waals surface area contributed by atoms with Crippen molar-refractivity contribution < 1.29 is 22.7 Å². The molecule has 1 aromatic heterocycles. The SMILES string of the molecule is COc1cc(C#N)cc(-c2c(C(F)(F)F)ncc(C(=O)NC(C)C3CC3)c2N2CC[C@](C)(N)C2)c1. The summed E-state index contributed by atoms with van der Waals surface area (Å²) in [5, 5.41) is 12.4. The Morgan fingerprint density at radius 1 is 1.37 bits per heavy atom. The number of aromatic nitrogens is 1. The minimum absolute atomic E-state index is 0.0412. The molecule has 2 aromatic rings. The topological polar surface area (TPSA) is 104 Å². The zero-order valence-electron chi connectivity index (χ0n) is 19.9. The van der Waals surface area contributed by atoms with Gasteiger partial charge in [-0.05, 0) is 62.8 Å². The van der Waals surface area contributed by atoms with Crippen LogP contribution in [0.3, 0.4) is 0 Å². The normalized spacial score (nSPS) is 20.9. The van der Waals surface area contributed by atoms with Crippen LogP contribution in [0.2, 0.25) is 0 Å². The number of methoxy groups -OCH3 is 1. The fourth-order valence-corrected chi connectivity index (χ4v) is 4.58. The van der Waals surface area contributed by atoms with Gasteiger partial charge in [-0.1, -0.05) is 0 Å². The summed E-state index contributed by atoms with van der Waals surface area (Å²) in [5.74, 6) is 0.0938. The molecule has 7 nitrogen and oxygen atoms in total. The number of halogens is 3. The maximum absolute atomic E-state index is 14.3. The summed E-state index contributed by atoms with van der Waals surface area (Å²) in [6.07, 6.45) is -1.26. The van der Waals surface area contributed by atoms with E-state index in [1.807, 2.05) is 19.9 Å². The van der Waals surface area contributed by atoms with Crippen molar-refractivity contribution in [2.24, 2.45) is 11.7 Å². The van der Waals surface area contributed by atoms with Gasteiger partial charge in [0.15, 0.2) is 5.69 Å². The number of alkyl halides is 3. The first kappa shape index (κ1) is 24.8. The monoisotopic (exact) mass is 487 g/mol. The van der Waals surface area contributed by atoms with Gasteiger partial charge in [0.2, 0.25) is 0 Å². The number of nitrogens with zero attached hydrogens (tertiary/aromatic N) is 3. The van der Waals surface area contributed by atoms with Crippen LogP contribution in [0.1, 0.15) is 54.7 Å². The van der Waals surface area contributed by atoms with Crippen molar-refractivity contribution in [1.82, 2.24) is 10.3 Å². The molecule has 3 N–H and O–H groups in total. The van der Waals surface area contributed by atoms with E-state index in [0.717, 1.165) is 19.0 Å². The summed E-state index contributed by atoms with van der Waals surface area (Å²) in [5.41, 5.74) is 4.65. The van der Waals surface area contributed by atoms with Crippen LogP contribution in [-0.2, 0) is 6.18 Å². The molecule has 0 spiro atoms. The zero-order valence-corrected chi connectivity index (χ0v) is 19.9. The molecule has 4 rings (SSSR count). The van der Waals surface area contributed by atoms with E-state index < -0.39 is 23.3 Å². The van der Waals surface area contributed by atoms with Gasteiger partial charge < -0.3 is 20.7 Å². The van der Waals surface area contributed by atoms with Gasteiger partial charge in [0.25, 0.3) is 5.91 Å². The molecule has 35 heavy (non-hydrogen) atoms. The predicted octanol–water partition coefficient (Wildman–Crippen LogP) is 4.10. The molecule has 2 heterocycles. The summed E-state index contributed by atoms with van der Waals surface area (Å²) in [4.78, 5) is 18.8. The number of carbonyl (C=O) groups excluding carboxylic acids is 1. The molecular formula is C25H28F3N5O2. The molecule has 1 aliphatic carbocycles. The Labute approximate surface area is 202 Å². The second-order valence-corrected chi connectivity index (χ2v) is 9.73. The highest BCUT2D eigenvalue weighted by Gasteiger charge is 2.41. The van der Waals surface area contributed by atoms with Crippen LogP contribution in [0.15, 0.2) is 24.4 Å². The molecule has 186 valence electrons. The summed E-state index contributed by atoms with van der Waals surface area (Å²) in [7, 11) is 1.37. The lowest BCUT2D eigenvalue weighted by molar-refractivity contribution is -0.140. The lowest BCUT2D eigenvalue weighted by Gasteiger charge is -2.28. The first-order chi connectivity index (χ1) is 16.4. The highest BCUT2D eigenvalue weighted by Crippen LogP contribution is 2.45. The molecule has 10 heteroatoms. The molecule has 0 radical (unpaired) electrons. The van der Waals surface area contributed by atoms with Gasteiger partial charge in [-0.2, -0.15) is 18.4 Å². The lowest BCUT2D eigenvalue weighted by atomic mass is 9.95. The molecule has 2 atom stereocenters. The first-order valence-electron chi connectivity index (χ1n) is 11.5. The maximum Gasteiger partial charge on any atom is 0.434 e. The van der Waals surface area contributed by atoms with Crippen molar-refractivity contribution in [3.63, 3.8) is 0 Å². The Morgan fingerprint density at radius 2 is 2.09 bits per heavy atom. The predicted molar refractivity (Wildman–Crippen MR) is 125 cm³/mol. The quantitative estimate of drug-likeness (QED) is 0.636. The summed E-state index contributed by atoms with van der Waals surface area (Å²) in [6, 6.07) is 6.06. The average molecular weight is 488 g/mol. The zero-order chi connectivity index (χ0) is 25.5. The molecule has 2 aliphatic rings. The Kier molecular flexibility index (Phi) is 6.40. The number of hydrogen-bond donors (Lipinski definition) is 2. The Morgan fingerprint density at radius 3 is 2.63 bits per heavy atom. The van der Waals surface area contributed by atoms with E-state index in [0.29, 0.717) is 18.9 Å². The van der Waals surface area contributed by atoms with E-state index in [2.05, 4.69) is 10.3 Å². The van der Waals surface area contributed by atoms with Crippen molar-refractivity contribution in [3.8, 4) is 22.9 Å². The Balaban J connectivity index is 1.97. The molecule has 2 fully saturated rings. The van der Waals surface area contributed by atoms with Crippen LogP contribution < -0.4 is 20.7 Å². The molecular weight excluding hydrogens is 459 g/mol. The Bertz CT molecular complexity index is 1180. The van der Waals surface area contributed by atoms with Gasteiger partial charge in [-0.25, -0.2) is 0 Å². The molecule has 1 aliphatic heterocycles. The molecule has 1 aromatic carbocycles. The molecule has 1 amide bonds. The van der Waals surface area contributed by atoms with Gasteiger partial charge in [-0.3, -0.25) is 9.78 Å². The number of rotatable bonds is 6. The van der Waals surface area contributed by atoms with E-state index in [1.165, 1.54) is 25.3 Å².